The van der Waals surface area contributed by atoms with E-state index in [0.717, 1.165) is 23.5 Å². The second kappa shape index (κ2) is 8.47. The van der Waals surface area contributed by atoms with Crippen LogP contribution in [0.5, 0.6) is 0 Å². The summed E-state index contributed by atoms with van der Waals surface area (Å²) in [4.78, 5) is 36.6. The molecule has 114 valence electrons. The van der Waals surface area contributed by atoms with Crippen molar-refractivity contribution in [3.05, 3.63) is 22.2 Å². The third-order valence-corrected chi connectivity index (χ3v) is 3.99. The summed E-state index contributed by atoms with van der Waals surface area (Å²) in [5, 5.41) is 11.4. The van der Waals surface area contributed by atoms with Crippen LogP contribution in [0.25, 0.3) is 0 Å². The highest BCUT2D eigenvalue weighted by molar-refractivity contribution is 8.00. The maximum Gasteiger partial charge on any atom is 0.316 e. The van der Waals surface area contributed by atoms with Crippen LogP contribution < -0.4 is 0 Å². The molecule has 0 aliphatic carbocycles. The number of nitro groups is 1. The first kappa shape index (κ1) is 17.2. The number of hydrogen-bond acceptors (Lipinski definition) is 9. The van der Waals surface area contributed by atoms with Gasteiger partial charge in [0.1, 0.15) is 0 Å². The highest BCUT2D eigenvalue weighted by Crippen LogP contribution is 2.30. The molecule has 0 saturated carbocycles. The van der Waals surface area contributed by atoms with Crippen LogP contribution in [0.4, 0.5) is 5.69 Å². The van der Waals surface area contributed by atoms with Crippen LogP contribution in [0, 0.1) is 10.1 Å². The zero-order valence-electron chi connectivity index (χ0n) is 11.2. The first-order valence-electron chi connectivity index (χ1n) is 5.52. The molecule has 1 heterocycles. The molecule has 10 heteroatoms. The van der Waals surface area contributed by atoms with Crippen molar-refractivity contribution >= 4 is 41.1 Å². The fourth-order valence-corrected chi connectivity index (χ4v) is 2.71. The number of aromatic nitrogens is 1. The molecule has 0 spiro atoms. The van der Waals surface area contributed by atoms with Gasteiger partial charge in [-0.2, -0.15) is 0 Å². The Morgan fingerprint density at radius 1 is 1.19 bits per heavy atom. The van der Waals surface area contributed by atoms with E-state index in [4.69, 9.17) is 0 Å². The molecular weight excluding hydrogens is 320 g/mol. The summed E-state index contributed by atoms with van der Waals surface area (Å²) in [5.74, 6) is -0.981. The largest absolute Gasteiger partial charge is 0.468 e. The number of carbonyl (C=O) groups excluding carboxylic acids is 2. The van der Waals surface area contributed by atoms with E-state index in [9.17, 15) is 19.7 Å². The van der Waals surface area contributed by atoms with Crippen LogP contribution in [0.2, 0.25) is 0 Å². The molecule has 1 aromatic rings. The maximum atomic E-state index is 11.1. The molecule has 0 bridgehead atoms. The van der Waals surface area contributed by atoms with Gasteiger partial charge in [0, 0.05) is 6.07 Å². The number of esters is 2. The predicted octanol–water partition coefficient (Wildman–Crippen LogP) is 1.52. The second-order valence-corrected chi connectivity index (χ2v) is 5.42. The average molecular weight is 332 g/mol. The van der Waals surface area contributed by atoms with E-state index >= 15 is 0 Å². The van der Waals surface area contributed by atoms with E-state index < -0.39 is 16.9 Å². The van der Waals surface area contributed by atoms with Crippen molar-refractivity contribution in [1.82, 2.24) is 4.98 Å². The summed E-state index contributed by atoms with van der Waals surface area (Å²) >= 11 is 2.00. The monoisotopic (exact) mass is 332 g/mol. The molecule has 21 heavy (non-hydrogen) atoms. The molecule has 0 radical (unpaired) electrons. The summed E-state index contributed by atoms with van der Waals surface area (Å²) in [5.41, 5.74) is -0.202. The Labute approximate surface area is 128 Å². The number of methoxy groups -OCH3 is 2. The van der Waals surface area contributed by atoms with E-state index in [-0.39, 0.29) is 22.2 Å². The highest BCUT2D eigenvalue weighted by Gasteiger charge is 2.18. The number of carbonyl (C=O) groups is 2. The molecule has 1 rings (SSSR count). The van der Waals surface area contributed by atoms with Gasteiger partial charge in [0.15, 0.2) is 5.03 Å². The van der Waals surface area contributed by atoms with Crippen LogP contribution in [-0.4, -0.2) is 47.6 Å². The number of thioether (sulfide) groups is 2. The molecule has 0 aliphatic rings. The third kappa shape index (κ3) is 5.60. The van der Waals surface area contributed by atoms with Gasteiger partial charge in [-0.25, -0.2) is 4.98 Å². The molecule has 0 atom stereocenters. The fraction of sp³-hybridized carbons (Fsp3) is 0.364. The summed E-state index contributed by atoms with van der Waals surface area (Å²) in [7, 11) is 2.50. The third-order valence-electron chi connectivity index (χ3n) is 2.13. The zero-order chi connectivity index (χ0) is 15.8. The van der Waals surface area contributed by atoms with E-state index in [1.54, 1.807) is 0 Å². The van der Waals surface area contributed by atoms with Crippen LogP contribution in [0.1, 0.15) is 0 Å². The van der Waals surface area contributed by atoms with Crippen LogP contribution >= 0.6 is 23.5 Å². The Hall–Kier alpha value is -1.81. The van der Waals surface area contributed by atoms with Crippen molar-refractivity contribution in [2.75, 3.05) is 25.7 Å². The predicted molar refractivity (Wildman–Crippen MR) is 76.4 cm³/mol. The summed E-state index contributed by atoms with van der Waals surface area (Å²) in [6.45, 7) is 0. The van der Waals surface area contributed by atoms with Crippen molar-refractivity contribution < 1.29 is 24.0 Å². The minimum Gasteiger partial charge on any atom is -0.468 e. The normalized spacial score (nSPS) is 10.0. The lowest BCUT2D eigenvalue weighted by molar-refractivity contribution is -0.388. The Bertz CT molecular complexity index is 552. The van der Waals surface area contributed by atoms with Gasteiger partial charge >= 0.3 is 17.6 Å². The van der Waals surface area contributed by atoms with Gasteiger partial charge in [0.2, 0.25) is 0 Å². The van der Waals surface area contributed by atoms with Crippen molar-refractivity contribution in [2.45, 2.75) is 10.1 Å². The molecule has 1 aromatic heterocycles. The van der Waals surface area contributed by atoms with Gasteiger partial charge in [0.05, 0.1) is 35.7 Å². The topological polar surface area (TPSA) is 109 Å². The van der Waals surface area contributed by atoms with E-state index in [2.05, 4.69) is 14.5 Å². The molecule has 0 fully saturated rings. The number of nitrogens with zero attached hydrogens (tertiary/aromatic N) is 2. The molecule has 0 saturated heterocycles. The van der Waals surface area contributed by atoms with Gasteiger partial charge in [-0.05, 0) is 6.07 Å². The van der Waals surface area contributed by atoms with E-state index in [0.29, 0.717) is 5.03 Å². The van der Waals surface area contributed by atoms with Crippen molar-refractivity contribution in [3.8, 4) is 0 Å². The van der Waals surface area contributed by atoms with Gasteiger partial charge in [-0.1, -0.05) is 23.5 Å². The van der Waals surface area contributed by atoms with Gasteiger partial charge in [-0.3, -0.25) is 19.7 Å². The first-order chi connectivity index (χ1) is 9.97. The second-order valence-electron chi connectivity index (χ2n) is 3.46. The average Bonchev–Trinajstić information content (AvgIpc) is 2.49. The molecule has 0 aromatic carbocycles. The van der Waals surface area contributed by atoms with Crippen molar-refractivity contribution in [2.24, 2.45) is 0 Å². The highest BCUT2D eigenvalue weighted by atomic mass is 32.2. The Morgan fingerprint density at radius 2 is 1.76 bits per heavy atom. The first-order valence-corrected chi connectivity index (χ1v) is 7.49. The number of ether oxygens (including phenoxy) is 2. The lowest BCUT2D eigenvalue weighted by Gasteiger charge is -2.04. The molecule has 8 nitrogen and oxygen atoms in total. The van der Waals surface area contributed by atoms with E-state index in [1.165, 1.54) is 26.4 Å². The van der Waals surface area contributed by atoms with Crippen LogP contribution in [0.3, 0.4) is 0 Å². The summed E-state index contributed by atoms with van der Waals surface area (Å²) in [6.07, 6.45) is 0. The molecule has 0 N–H and O–H groups in total. The lowest BCUT2D eigenvalue weighted by Crippen LogP contribution is -2.05. The number of rotatable bonds is 7. The van der Waals surface area contributed by atoms with E-state index in [1.807, 2.05) is 0 Å². The van der Waals surface area contributed by atoms with Crippen molar-refractivity contribution in [3.63, 3.8) is 0 Å². The van der Waals surface area contributed by atoms with Crippen molar-refractivity contribution in [1.29, 1.82) is 0 Å². The quantitative estimate of drug-likeness (QED) is 0.318. The number of pyridine rings is 1. The minimum absolute atomic E-state index is 0.0441. The summed E-state index contributed by atoms with van der Waals surface area (Å²) in [6, 6.07) is 2.72. The smallest absolute Gasteiger partial charge is 0.316 e. The SMILES string of the molecule is COC(=O)CSc1ccc([N+](=O)[O-])c(SCC(=O)OC)n1. The van der Waals surface area contributed by atoms with Crippen LogP contribution in [0.15, 0.2) is 22.2 Å². The Balaban J connectivity index is 2.87. The Morgan fingerprint density at radius 3 is 2.29 bits per heavy atom. The molecular formula is C11H12N2O6S2. The molecule has 0 amide bonds. The number of hydrogen-bond donors (Lipinski definition) is 0. The van der Waals surface area contributed by atoms with Crippen LogP contribution in [-0.2, 0) is 19.1 Å². The Kier molecular flexibility index (Phi) is 6.96. The fourth-order valence-electron chi connectivity index (χ4n) is 1.12. The molecule has 0 unspecified atom stereocenters. The minimum atomic E-state index is -0.582. The lowest BCUT2D eigenvalue weighted by atomic mass is 10.4. The maximum absolute atomic E-state index is 11.1. The standard InChI is InChI=1S/C11H12N2O6S2/c1-18-9(14)5-20-8-4-3-7(13(16)17)11(12-8)21-6-10(15)19-2/h3-4H,5-6H2,1-2H3. The van der Waals surface area contributed by atoms with Gasteiger partial charge in [0.25, 0.3) is 0 Å². The van der Waals surface area contributed by atoms with Gasteiger partial charge < -0.3 is 9.47 Å². The summed E-state index contributed by atoms with van der Waals surface area (Å²) < 4.78 is 8.97. The molecule has 0 aliphatic heterocycles. The van der Waals surface area contributed by atoms with Gasteiger partial charge in [-0.15, -0.1) is 0 Å². The zero-order valence-corrected chi connectivity index (χ0v) is 12.9.